The van der Waals surface area contributed by atoms with Crippen LogP contribution < -0.4 is 0 Å². The van der Waals surface area contributed by atoms with Gasteiger partial charge in [-0.15, -0.1) is 0 Å². The molecule has 17 heavy (non-hydrogen) atoms. The first-order valence-corrected chi connectivity index (χ1v) is 5.91. The lowest BCUT2D eigenvalue weighted by Gasteiger charge is -2.28. The number of nitrogens with zero attached hydrogens (tertiary/aromatic N) is 2. The molecule has 1 rings (SSSR count). The molecule has 0 aromatic rings. The van der Waals surface area contributed by atoms with Crippen molar-refractivity contribution in [1.82, 2.24) is 4.90 Å². The zero-order valence-electron chi connectivity index (χ0n) is 10.6. The Morgan fingerprint density at radius 1 is 1.53 bits per heavy atom. The third-order valence-corrected chi connectivity index (χ3v) is 2.65. The second-order valence-corrected chi connectivity index (χ2v) is 5.31. The molecule has 1 atom stereocenters. The van der Waals surface area contributed by atoms with Crippen molar-refractivity contribution in [1.29, 1.82) is 0 Å². The molecule has 1 unspecified atom stereocenters. The Balaban J connectivity index is 2.51. The van der Waals surface area contributed by atoms with Crippen LogP contribution in [-0.4, -0.2) is 40.6 Å². The summed E-state index contributed by atoms with van der Waals surface area (Å²) in [6.07, 6.45) is 1.77. The lowest BCUT2D eigenvalue weighted by Crippen LogP contribution is -2.40. The van der Waals surface area contributed by atoms with E-state index in [2.05, 4.69) is 0 Å². The molecule has 1 aliphatic heterocycles. The number of carbonyl (C=O) groups excluding carboxylic acids is 1. The molecule has 1 fully saturated rings. The Kier molecular flexibility index (Phi) is 4.31. The summed E-state index contributed by atoms with van der Waals surface area (Å²) >= 11 is 0. The van der Waals surface area contributed by atoms with Crippen LogP contribution in [0.1, 0.15) is 40.0 Å². The van der Waals surface area contributed by atoms with E-state index >= 15 is 0 Å². The fourth-order valence-electron chi connectivity index (χ4n) is 1.95. The van der Waals surface area contributed by atoms with Crippen LogP contribution in [0, 0.1) is 10.1 Å². The average molecular weight is 244 g/mol. The van der Waals surface area contributed by atoms with Crippen molar-refractivity contribution >= 4 is 6.09 Å². The first-order chi connectivity index (χ1) is 7.79. The van der Waals surface area contributed by atoms with E-state index in [1.807, 2.05) is 20.8 Å². The molecule has 0 saturated carbocycles. The summed E-state index contributed by atoms with van der Waals surface area (Å²) in [5.41, 5.74) is -0.521. The molecule has 0 N–H and O–H groups in total. The van der Waals surface area contributed by atoms with Gasteiger partial charge in [-0.05, 0) is 33.6 Å². The van der Waals surface area contributed by atoms with Crippen LogP contribution in [0.2, 0.25) is 0 Å². The molecule has 0 bridgehead atoms. The Bertz CT molecular complexity index is 298. The van der Waals surface area contributed by atoms with Gasteiger partial charge < -0.3 is 9.64 Å². The van der Waals surface area contributed by atoms with Gasteiger partial charge >= 0.3 is 6.09 Å². The predicted molar refractivity (Wildman–Crippen MR) is 62.4 cm³/mol. The minimum Gasteiger partial charge on any atom is -0.444 e. The first kappa shape index (κ1) is 13.7. The molecule has 98 valence electrons. The van der Waals surface area contributed by atoms with E-state index in [1.54, 1.807) is 4.90 Å². The number of hydrogen-bond donors (Lipinski definition) is 0. The zero-order valence-corrected chi connectivity index (χ0v) is 10.6. The van der Waals surface area contributed by atoms with Crippen molar-refractivity contribution < 1.29 is 14.5 Å². The molecule has 1 saturated heterocycles. The molecule has 0 radical (unpaired) electrons. The van der Waals surface area contributed by atoms with Crippen LogP contribution >= 0.6 is 0 Å². The third kappa shape index (κ3) is 4.58. The van der Waals surface area contributed by atoms with Gasteiger partial charge in [-0.2, -0.15) is 0 Å². The minimum absolute atomic E-state index is 0.0461. The highest BCUT2D eigenvalue weighted by molar-refractivity contribution is 5.68. The molecule has 0 aromatic carbocycles. The Hall–Kier alpha value is -1.33. The van der Waals surface area contributed by atoms with Crippen LogP contribution in [0.25, 0.3) is 0 Å². The maximum atomic E-state index is 11.8. The van der Waals surface area contributed by atoms with Crippen LogP contribution in [0.15, 0.2) is 0 Å². The molecule has 1 heterocycles. The summed E-state index contributed by atoms with van der Waals surface area (Å²) in [6.45, 7) is 5.98. The van der Waals surface area contributed by atoms with Gasteiger partial charge in [0.2, 0.25) is 6.54 Å². The largest absolute Gasteiger partial charge is 0.444 e. The quantitative estimate of drug-likeness (QED) is 0.562. The number of carbonyl (C=O) groups is 1. The Morgan fingerprint density at radius 2 is 2.18 bits per heavy atom. The van der Waals surface area contributed by atoms with Crippen LogP contribution in [0.3, 0.4) is 0 Å². The van der Waals surface area contributed by atoms with E-state index in [4.69, 9.17) is 4.74 Å². The van der Waals surface area contributed by atoms with Crippen LogP contribution in [0.5, 0.6) is 0 Å². The molecular weight excluding hydrogens is 224 g/mol. The summed E-state index contributed by atoms with van der Waals surface area (Å²) in [6, 6.07) is -0.0461. The highest BCUT2D eigenvalue weighted by Crippen LogP contribution is 2.22. The van der Waals surface area contributed by atoms with Gasteiger partial charge in [-0.25, -0.2) is 4.79 Å². The van der Waals surface area contributed by atoms with Crippen molar-refractivity contribution in [2.24, 2.45) is 0 Å². The van der Waals surface area contributed by atoms with Crippen molar-refractivity contribution in [3.63, 3.8) is 0 Å². The maximum Gasteiger partial charge on any atom is 0.410 e. The summed E-state index contributed by atoms with van der Waals surface area (Å²) in [4.78, 5) is 23.5. The molecule has 1 aliphatic rings. The fourth-order valence-corrected chi connectivity index (χ4v) is 1.95. The lowest BCUT2D eigenvalue weighted by atomic mass is 10.1. The molecular formula is C11H20N2O4. The average Bonchev–Trinajstić information content (AvgIpc) is 2.59. The Labute approximate surface area is 101 Å². The molecule has 6 heteroatoms. The molecule has 0 aliphatic carbocycles. The zero-order chi connectivity index (χ0) is 13.1. The topological polar surface area (TPSA) is 72.7 Å². The van der Waals surface area contributed by atoms with Crippen molar-refractivity contribution in [3.05, 3.63) is 10.1 Å². The predicted octanol–water partition coefficient (Wildman–Crippen LogP) is 2.05. The molecule has 6 nitrogen and oxygen atoms in total. The second kappa shape index (κ2) is 5.33. The summed E-state index contributed by atoms with van der Waals surface area (Å²) in [5, 5.41) is 10.3. The van der Waals surface area contributed by atoms with Crippen molar-refractivity contribution in [3.8, 4) is 0 Å². The van der Waals surface area contributed by atoms with Gasteiger partial charge in [0.15, 0.2) is 0 Å². The number of rotatable bonds is 3. The van der Waals surface area contributed by atoms with Crippen molar-refractivity contribution in [2.45, 2.75) is 51.7 Å². The monoisotopic (exact) mass is 244 g/mol. The SMILES string of the molecule is CC(C)(C)OC(=O)N1CCCC1CC[N+](=O)[O-]. The highest BCUT2D eigenvalue weighted by Gasteiger charge is 2.32. The number of hydrogen-bond acceptors (Lipinski definition) is 4. The number of amides is 1. The number of nitro groups is 1. The van der Waals surface area contributed by atoms with Crippen LogP contribution in [0.4, 0.5) is 4.79 Å². The van der Waals surface area contributed by atoms with E-state index < -0.39 is 5.60 Å². The van der Waals surface area contributed by atoms with E-state index in [0.29, 0.717) is 13.0 Å². The number of ether oxygens (including phenoxy) is 1. The second-order valence-electron chi connectivity index (χ2n) is 5.31. The molecule has 0 aromatic heterocycles. The van der Waals surface area contributed by atoms with E-state index in [9.17, 15) is 14.9 Å². The van der Waals surface area contributed by atoms with E-state index in [1.165, 1.54) is 0 Å². The van der Waals surface area contributed by atoms with Gasteiger partial charge in [0.05, 0.1) is 0 Å². The standard InChI is InChI=1S/C11H20N2O4/c1-11(2,3)17-10(14)12-7-4-5-9(12)6-8-13(15)16/h9H,4-8H2,1-3H3. The molecule has 0 spiro atoms. The van der Waals surface area contributed by atoms with E-state index in [-0.39, 0.29) is 23.6 Å². The maximum absolute atomic E-state index is 11.8. The smallest absolute Gasteiger partial charge is 0.410 e. The lowest BCUT2D eigenvalue weighted by molar-refractivity contribution is -0.481. The van der Waals surface area contributed by atoms with Gasteiger partial charge in [0.1, 0.15) is 5.60 Å². The number of likely N-dealkylation sites (tertiary alicyclic amines) is 1. The van der Waals surface area contributed by atoms with Gasteiger partial charge in [0.25, 0.3) is 0 Å². The van der Waals surface area contributed by atoms with Crippen molar-refractivity contribution in [2.75, 3.05) is 13.1 Å². The first-order valence-electron chi connectivity index (χ1n) is 5.91. The van der Waals surface area contributed by atoms with Gasteiger partial charge in [-0.1, -0.05) is 0 Å². The fraction of sp³-hybridized carbons (Fsp3) is 0.909. The Morgan fingerprint density at radius 3 is 2.71 bits per heavy atom. The minimum atomic E-state index is -0.521. The van der Waals surface area contributed by atoms with Crippen LogP contribution in [-0.2, 0) is 4.74 Å². The normalized spacial score (nSPS) is 20.4. The third-order valence-electron chi connectivity index (χ3n) is 2.65. The summed E-state index contributed by atoms with van der Waals surface area (Å²) in [7, 11) is 0. The van der Waals surface area contributed by atoms with Gasteiger partial charge in [-0.3, -0.25) is 10.1 Å². The highest BCUT2D eigenvalue weighted by atomic mass is 16.6. The van der Waals surface area contributed by atoms with Gasteiger partial charge in [0, 0.05) is 23.9 Å². The summed E-state index contributed by atoms with van der Waals surface area (Å²) < 4.78 is 5.28. The van der Waals surface area contributed by atoms with E-state index in [0.717, 1.165) is 12.8 Å². The molecule has 1 amide bonds. The summed E-state index contributed by atoms with van der Waals surface area (Å²) in [5.74, 6) is 0.